The summed E-state index contributed by atoms with van der Waals surface area (Å²) in [5.41, 5.74) is 3.35. The highest BCUT2D eigenvalue weighted by Gasteiger charge is 2.35. The Morgan fingerprint density at radius 2 is 2.14 bits per heavy atom. The van der Waals surface area contributed by atoms with E-state index in [2.05, 4.69) is 24.2 Å². The predicted octanol–water partition coefficient (Wildman–Crippen LogP) is 2.75. The zero-order valence-electron chi connectivity index (χ0n) is 12.7. The molecule has 1 fully saturated rings. The molecule has 1 heterocycles. The van der Waals surface area contributed by atoms with Gasteiger partial charge < -0.3 is 9.74 Å². The Bertz CT molecular complexity index is 564. The molecule has 21 heavy (non-hydrogen) atoms. The highest BCUT2D eigenvalue weighted by molar-refractivity contribution is 6.02. The van der Waals surface area contributed by atoms with Crippen molar-refractivity contribution in [3.8, 4) is 0 Å². The Labute approximate surface area is 125 Å². The molecule has 4 heteroatoms. The minimum absolute atomic E-state index is 0.0118. The van der Waals surface area contributed by atoms with Crippen LogP contribution in [0.3, 0.4) is 0 Å². The van der Waals surface area contributed by atoms with Gasteiger partial charge in [0, 0.05) is 24.4 Å². The molecule has 1 saturated carbocycles. The highest BCUT2D eigenvalue weighted by Crippen LogP contribution is 2.31. The molecule has 112 valence electrons. The average Bonchev–Trinajstić information content (AvgIpc) is 3.24. The molecular weight excluding hydrogens is 264 g/mol. The first-order valence-electron chi connectivity index (χ1n) is 7.76. The number of carbonyl (C=O) groups is 1. The molecule has 1 amide bonds. The Balaban J connectivity index is 1.61. The molecular formula is C17H22N2O2. The number of hydrogen-bond acceptors (Lipinski definition) is 3. The fourth-order valence-electron chi connectivity index (χ4n) is 2.79. The minimum atomic E-state index is -0.0118. The van der Waals surface area contributed by atoms with Gasteiger partial charge in [-0.1, -0.05) is 29.4 Å². The lowest BCUT2D eigenvalue weighted by Gasteiger charge is -2.23. The molecule has 1 atom stereocenters. The highest BCUT2D eigenvalue weighted by atomic mass is 16.6. The Kier molecular flexibility index (Phi) is 3.95. The number of nitrogens with zero attached hydrogens (tertiary/aromatic N) is 2. The first-order chi connectivity index (χ1) is 10.2. The number of hydrogen-bond donors (Lipinski definition) is 0. The van der Waals surface area contributed by atoms with Crippen molar-refractivity contribution in [2.45, 2.75) is 39.2 Å². The Morgan fingerprint density at radius 3 is 2.81 bits per heavy atom. The molecule has 2 aliphatic rings. The maximum Gasteiger partial charge on any atom is 0.225 e. The summed E-state index contributed by atoms with van der Waals surface area (Å²) in [5.74, 6) is 0.550. The van der Waals surface area contributed by atoms with E-state index in [1.165, 1.54) is 5.56 Å². The predicted molar refractivity (Wildman–Crippen MR) is 82.2 cm³/mol. The number of aryl methyl sites for hydroxylation is 1. The fraction of sp³-hybridized carbons (Fsp3) is 0.529. The molecule has 1 aromatic rings. The van der Waals surface area contributed by atoms with Crippen LogP contribution < -0.4 is 0 Å². The summed E-state index contributed by atoms with van der Waals surface area (Å²) in [7, 11) is 0. The van der Waals surface area contributed by atoms with Crippen molar-refractivity contribution < 1.29 is 9.63 Å². The van der Waals surface area contributed by atoms with Gasteiger partial charge in [0.2, 0.25) is 5.91 Å². The fourth-order valence-corrected chi connectivity index (χ4v) is 2.79. The van der Waals surface area contributed by atoms with Crippen molar-refractivity contribution in [2.24, 2.45) is 11.1 Å². The maximum absolute atomic E-state index is 12.2. The van der Waals surface area contributed by atoms with Gasteiger partial charge in [-0.05, 0) is 32.3 Å². The smallest absolute Gasteiger partial charge is 0.225 e. The zero-order chi connectivity index (χ0) is 14.8. The molecule has 0 aromatic heterocycles. The van der Waals surface area contributed by atoms with E-state index >= 15 is 0 Å². The van der Waals surface area contributed by atoms with E-state index < -0.39 is 0 Å². The Hall–Kier alpha value is -1.84. The van der Waals surface area contributed by atoms with Crippen LogP contribution >= 0.6 is 0 Å². The van der Waals surface area contributed by atoms with Gasteiger partial charge in [-0.2, -0.15) is 0 Å². The summed E-state index contributed by atoms with van der Waals surface area (Å²) in [6.45, 7) is 5.50. The van der Waals surface area contributed by atoms with Crippen LogP contribution in [0.15, 0.2) is 29.4 Å². The second-order valence-electron chi connectivity index (χ2n) is 5.94. The third-order valence-electron chi connectivity index (χ3n) is 4.23. The lowest BCUT2D eigenvalue weighted by molar-refractivity contribution is -0.134. The largest absolute Gasteiger partial charge is 0.390 e. The molecule has 0 N–H and O–H groups in total. The van der Waals surface area contributed by atoms with E-state index in [9.17, 15) is 4.79 Å². The molecule has 3 rings (SSSR count). The lowest BCUT2D eigenvalue weighted by Crippen LogP contribution is -2.38. The monoisotopic (exact) mass is 286 g/mol. The van der Waals surface area contributed by atoms with Crippen LogP contribution in [0.4, 0.5) is 0 Å². The van der Waals surface area contributed by atoms with E-state index in [0.717, 1.165) is 37.1 Å². The zero-order valence-corrected chi connectivity index (χ0v) is 12.7. The van der Waals surface area contributed by atoms with E-state index in [1.807, 2.05) is 24.0 Å². The third-order valence-corrected chi connectivity index (χ3v) is 4.23. The molecule has 0 bridgehead atoms. The number of benzene rings is 1. The summed E-state index contributed by atoms with van der Waals surface area (Å²) in [4.78, 5) is 19.6. The molecule has 1 aliphatic carbocycles. The number of oxime groups is 1. The number of likely N-dealkylation sites (N-methyl/N-ethyl adjacent to an activating group) is 1. The summed E-state index contributed by atoms with van der Waals surface area (Å²) in [6, 6.07) is 8.21. The van der Waals surface area contributed by atoms with Gasteiger partial charge in [-0.25, -0.2) is 0 Å². The van der Waals surface area contributed by atoms with Crippen LogP contribution in [0, 0.1) is 12.8 Å². The number of carbonyl (C=O) groups excluding carboxylic acids is 1. The first kappa shape index (κ1) is 14.1. The van der Waals surface area contributed by atoms with Crippen LogP contribution in [0.2, 0.25) is 0 Å². The van der Waals surface area contributed by atoms with Crippen molar-refractivity contribution in [3.05, 3.63) is 35.4 Å². The Morgan fingerprint density at radius 1 is 1.38 bits per heavy atom. The summed E-state index contributed by atoms with van der Waals surface area (Å²) < 4.78 is 0. The normalized spacial score (nSPS) is 20.9. The third kappa shape index (κ3) is 3.09. The number of rotatable bonds is 5. The topological polar surface area (TPSA) is 41.9 Å². The van der Waals surface area contributed by atoms with Crippen molar-refractivity contribution in [3.63, 3.8) is 0 Å². The van der Waals surface area contributed by atoms with E-state index in [0.29, 0.717) is 6.54 Å². The van der Waals surface area contributed by atoms with Crippen molar-refractivity contribution in [2.75, 3.05) is 13.1 Å². The molecule has 0 saturated heterocycles. The second kappa shape index (κ2) is 5.88. The van der Waals surface area contributed by atoms with Gasteiger partial charge in [0.1, 0.15) is 0 Å². The second-order valence-corrected chi connectivity index (χ2v) is 5.94. The van der Waals surface area contributed by atoms with Gasteiger partial charge in [-0.3, -0.25) is 4.79 Å². The van der Waals surface area contributed by atoms with Gasteiger partial charge in [0.05, 0.1) is 12.3 Å². The summed E-state index contributed by atoms with van der Waals surface area (Å²) in [6.07, 6.45) is 2.86. The molecule has 1 aromatic carbocycles. The van der Waals surface area contributed by atoms with Crippen LogP contribution in [-0.2, 0) is 9.63 Å². The first-order valence-corrected chi connectivity index (χ1v) is 7.76. The molecule has 4 nitrogen and oxygen atoms in total. The van der Waals surface area contributed by atoms with Crippen LogP contribution in [0.25, 0.3) is 0 Å². The van der Waals surface area contributed by atoms with Gasteiger partial charge in [0.25, 0.3) is 0 Å². The maximum atomic E-state index is 12.2. The van der Waals surface area contributed by atoms with Crippen molar-refractivity contribution in [1.29, 1.82) is 0 Å². The molecule has 0 spiro atoms. The quantitative estimate of drug-likeness (QED) is 0.835. The minimum Gasteiger partial charge on any atom is -0.390 e. The summed E-state index contributed by atoms with van der Waals surface area (Å²) >= 11 is 0. The molecule has 0 radical (unpaired) electrons. The van der Waals surface area contributed by atoms with Crippen LogP contribution in [-0.4, -0.2) is 35.7 Å². The standard InChI is InChI=1S/C17H22N2O2/c1-3-19(17(20)13-8-9-13)11-14-10-16(18-21-14)15-7-5-4-6-12(15)2/h4-7,13-14H,3,8-11H2,1-2H3/t14-/m1/s1. The van der Waals surface area contributed by atoms with Crippen molar-refractivity contribution >= 4 is 11.6 Å². The average molecular weight is 286 g/mol. The van der Waals surface area contributed by atoms with Gasteiger partial charge >= 0.3 is 0 Å². The van der Waals surface area contributed by atoms with Crippen LogP contribution in [0.5, 0.6) is 0 Å². The SMILES string of the molecule is CCN(C[C@H]1CC(c2ccccc2C)=NO1)C(=O)C1CC1. The van der Waals surface area contributed by atoms with Gasteiger partial charge in [-0.15, -0.1) is 0 Å². The lowest BCUT2D eigenvalue weighted by atomic mass is 10.0. The molecule has 0 unspecified atom stereocenters. The van der Waals surface area contributed by atoms with Crippen molar-refractivity contribution in [1.82, 2.24) is 4.90 Å². The summed E-state index contributed by atoms with van der Waals surface area (Å²) in [5, 5.41) is 4.23. The molecule has 1 aliphatic heterocycles. The van der Waals surface area contributed by atoms with E-state index in [4.69, 9.17) is 4.84 Å². The van der Waals surface area contributed by atoms with Crippen LogP contribution in [0.1, 0.15) is 37.3 Å². The van der Waals surface area contributed by atoms with Gasteiger partial charge in [0.15, 0.2) is 6.10 Å². The van der Waals surface area contributed by atoms with E-state index in [-0.39, 0.29) is 17.9 Å². The van der Waals surface area contributed by atoms with E-state index in [1.54, 1.807) is 0 Å². The number of amides is 1.